The molecule has 0 amide bonds. The molecule has 0 spiro atoms. The van der Waals surface area contributed by atoms with Gasteiger partial charge in [-0.1, -0.05) is 13.8 Å². The van der Waals surface area contributed by atoms with Gasteiger partial charge in [0.2, 0.25) is 10.0 Å². The lowest BCUT2D eigenvalue weighted by Gasteiger charge is -2.41. The summed E-state index contributed by atoms with van der Waals surface area (Å²) in [4.78, 5) is 29.7. The first kappa shape index (κ1) is 17.8. The second-order valence-corrected chi connectivity index (χ2v) is 9.02. The largest absolute Gasteiger partial charge is 0.329 e. The normalized spacial score (nSPS) is 21.5. The lowest BCUT2D eigenvalue weighted by atomic mass is 9.81. The van der Waals surface area contributed by atoms with Crippen molar-refractivity contribution in [1.82, 2.24) is 18.8 Å². The van der Waals surface area contributed by atoms with Crippen molar-refractivity contribution in [3.63, 3.8) is 0 Å². The highest BCUT2D eigenvalue weighted by Crippen LogP contribution is 2.31. The van der Waals surface area contributed by atoms with Crippen LogP contribution in [-0.4, -0.2) is 46.4 Å². The highest BCUT2D eigenvalue weighted by molar-refractivity contribution is 7.89. The fourth-order valence-electron chi connectivity index (χ4n) is 3.04. The van der Waals surface area contributed by atoms with Crippen LogP contribution in [0.3, 0.4) is 0 Å². The lowest BCUT2D eigenvalue weighted by Crippen LogP contribution is -2.53. The van der Waals surface area contributed by atoms with E-state index >= 15 is 0 Å². The van der Waals surface area contributed by atoms with Gasteiger partial charge in [0, 0.05) is 32.4 Å². The van der Waals surface area contributed by atoms with E-state index in [-0.39, 0.29) is 33.9 Å². The molecule has 136 valence electrons. The van der Waals surface area contributed by atoms with E-state index in [2.05, 4.69) is 9.97 Å². The number of nitrogens with one attached hydrogen (secondary N) is 1. The molecule has 1 atom stereocenters. The summed E-state index contributed by atoms with van der Waals surface area (Å²) in [6, 6.07) is 1.18. The molecule has 9 nitrogen and oxygen atoms in total. The van der Waals surface area contributed by atoms with Crippen LogP contribution < -0.4 is 17.0 Å². The Balaban J connectivity index is 2.10. The zero-order valence-corrected chi connectivity index (χ0v) is 15.1. The monoisotopic (exact) mass is 367 g/mol. The Hall–Kier alpha value is -2.04. The van der Waals surface area contributed by atoms with Crippen LogP contribution in [0.25, 0.3) is 11.0 Å². The van der Waals surface area contributed by atoms with Crippen LogP contribution in [0, 0.1) is 5.41 Å². The van der Waals surface area contributed by atoms with Crippen molar-refractivity contribution >= 4 is 21.1 Å². The van der Waals surface area contributed by atoms with Crippen LogP contribution in [0.4, 0.5) is 0 Å². The molecule has 25 heavy (non-hydrogen) atoms. The number of nitrogens with two attached hydrogens (primary N) is 1. The molecule has 0 aromatic carbocycles. The number of H-pyrrole nitrogens is 1. The third-order valence-corrected chi connectivity index (χ3v) is 6.65. The van der Waals surface area contributed by atoms with Crippen LogP contribution in [0.5, 0.6) is 0 Å². The van der Waals surface area contributed by atoms with Gasteiger partial charge < -0.3 is 5.73 Å². The Morgan fingerprint density at radius 1 is 1.36 bits per heavy atom. The van der Waals surface area contributed by atoms with Crippen LogP contribution >= 0.6 is 0 Å². The molecule has 2 aromatic rings. The fraction of sp³-hybridized carbons (Fsp3) is 0.533. The van der Waals surface area contributed by atoms with Crippen molar-refractivity contribution < 1.29 is 8.42 Å². The minimum atomic E-state index is -3.81. The molecule has 1 saturated heterocycles. The molecular formula is C15H21N5O4S. The summed E-state index contributed by atoms with van der Waals surface area (Å²) in [5.74, 6) is 0. The van der Waals surface area contributed by atoms with Crippen LogP contribution in [0.15, 0.2) is 26.7 Å². The molecule has 3 rings (SSSR count). The smallest absolute Gasteiger partial charge is 0.327 e. The average molecular weight is 367 g/mol. The van der Waals surface area contributed by atoms with Gasteiger partial charge in [0.25, 0.3) is 5.56 Å². The van der Waals surface area contributed by atoms with Crippen molar-refractivity contribution in [2.45, 2.75) is 31.2 Å². The number of hydrogen-bond acceptors (Lipinski definition) is 6. The number of piperidine rings is 1. The molecule has 3 heterocycles. The third-order valence-electron chi connectivity index (χ3n) is 4.84. The molecule has 0 saturated carbocycles. The predicted octanol–water partition coefficient (Wildman–Crippen LogP) is -0.630. The van der Waals surface area contributed by atoms with Gasteiger partial charge in [-0.3, -0.25) is 14.3 Å². The zero-order chi connectivity index (χ0) is 18.6. The summed E-state index contributed by atoms with van der Waals surface area (Å²) in [6.07, 6.45) is 1.74. The molecule has 1 unspecified atom stereocenters. The number of aryl methyl sites for hydroxylation is 1. The molecule has 3 N–H and O–H groups in total. The summed E-state index contributed by atoms with van der Waals surface area (Å²) < 4.78 is 28.4. The van der Waals surface area contributed by atoms with Crippen LogP contribution in [0.1, 0.15) is 20.3 Å². The van der Waals surface area contributed by atoms with Crippen molar-refractivity contribution in [3.05, 3.63) is 33.1 Å². The summed E-state index contributed by atoms with van der Waals surface area (Å²) in [6.45, 7) is 4.46. The van der Waals surface area contributed by atoms with Crippen molar-refractivity contribution in [2.75, 3.05) is 13.1 Å². The van der Waals surface area contributed by atoms with Crippen molar-refractivity contribution in [3.8, 4) is 0 Å². The molecule has 2 aromatic heterocycles. The summed E-state index contributed by atoms with van der Waals surface area (Å²) in [5, 5.41) is 0.0520. The van der Waals surface area contributed by atoms with Gasteiger partial charge >= 0.3 is 5.69 Å². The minimum Gasteiger partial charge on any atom is -0.327 e. The Labute approximate surface area is 144 Å². The second-order valence-electron chi connectivity index (χ2n) is 7.08. The number of aromatic amines is 1. The van der Waals surface area contributed by atoms with Gasteiger partial charge in [-0.25, -0.2) is 18.2 Å². The maximum absolute atomic E-state index is 13.0. The number of aromatic nitrogens is 3. The van der Waals surface area contributed by atoms with E-state index in [1.165, 1.54) is 23.6 Å². The Morgan fingerprint density at radius 3 is 2.68 bits per heavy atom. The molecule has 0 bridgehead atoms. The molecule has 1 fully saturated rings. The van der Waals surface area contributed by atoms with Crippen LogP contribution in [-0.2, 0) is 17.1 Å². The topological polar surface area (TPSA) is 131 Å². The number of fused-ring (bicyclic) bond motifs is 1. The quantitative estimate of drug-likeness (QED) is 0.726. The van der Waals surface area contributed by atoms with Crippen molar-refractivity contribution in [1.29, 1.82) is 0 Å². The fourth-order valence-corrected chi connectivity index (χ4v) is 4.64. The highest BCUT2D eigenvalue weighted by Gasteiger charge is 2.39. The van der Waals surface area contributed by atoms with E-state index in [9.17, 15) is 18.0 Å². The minimum absolute atomic E-state index is 0.0520. The summed E-state index contributed by atoms with van der Waals surface area (Å²) in [5.41, 5.74) is 4.59. The maximum Gasteiger partial charge on any atom is 0.329 e. The lowest BCUT2D eigenvalue weighted by molar-refractivity contribution is 0.155. The third kappa shape index (κ3) is 2.90. The van der Waals surface area contributed by atoms with E-state index in [1.807, 2.05) is 13.8 Å². The van der Waals surface area contributed by atoms with Crippen molar-refractivity contribution in [2.24, 2.45) is 18.2 Å². The standard InChI is InChI=1S/C15H21N5O4S/c1-15(2)8-20(5-4-11(15)16)25(23,24)9-6-10-12(17-7-9)19(3)14(22)18-13(10)21/h6-7,11H,4-5,8,16H2,1-3H3,(H,18,21,22). The number of pyridine rings is 1. The molecule has 0 aliphatic carbocycles. The molecular weight excluding hydrogens is 346 g/mol. The van der Waals surface area contributed by atoms with Gasteiger partial charge in [-0.15, -0.1) is 0 Å². The number of hydrogen-bond donors (Lipinski definition) is 2. The van der Waals surface area contributed by atoms with Gasteiger partial charge in [0.1, 0.15) is 10.5 Å². The van der Waals surface area contributed by atoms with E-state index in [1.54, 1.807) is 0 Å². The maximum atomic E-state index is 13.0. The average Bonchev–Trinajstić information content (AvgIpc) is 2.54. The van der Waals surface area contributed by atoms with E-state index in [0.717, 1.165) is 4.57 Å². The van der Waals surface area contributed by atoms with Gasteiger partial charge in [0.05, 0.1) is 5.39 Å². The number of sulfonamides is 1. The Bertz CT molecular complexity index is 1050. The molecule has 1 aliphatic heterocycles. The van der Waals surface area contributed by atoms with Gasteiger partial charge in [-0.05, 0) is 17.9 Å². The number of nitrogens with zero attached hydrogens (tertiary/aromatic N) is 3. The number of rotatable bonds is 2. The van der Waals surface area contributed by atoms with E-state index in [0.29, 0.717) is 13.0 Å². The SMILES string of the molecule is Cn1c(=O)[nH]c(=O)c2cc(S(=O)(=O)N3CCC(N)C(C)(C)C3)cnc21. The Kier molecular flexibility index (Phi) is 4.09. The van der Waals surface area contributed by atoms with E-state index in [4.69, 9.17) is 5.73 Å². The van der Waals surface area contributed by atoms with Gasteiger partial charge in [0.15, 0.2) is 0 Å². The predicted molar refractivity (Wildman–Crippen MR) is 92.7 cm³/mol. The molecule has 1 aliphatic rings. The zero-order valence-electron chi connectivity index (χ0n) is 14.3. The summed E-state index contributed by atoms with van der Waals surface area (Å²) in [7, 11) is -2.36. The second kappa shape index (κ2) is 5.75. The first-order valence-corrected chi connectivity index (χ1v) is 9.33. The van der Waals surface area contributed by atoms with E-state index < -0.39 is 21.3 Å². The highest BCUT2D eigenvalue weighted by atomic mass is 32.2. The molecule has 10 heteroatoms. The van der Waals surface area contributed by atoms with Crippen LogP contribution in [0.2, 0.25) is 0 Å². The first-order chi connectivity index (χ1) is 11.5. The summed E-state index contributed by atoms with van der Waals surface area (Å²) >= 11 is 0. The Morgan fingerprint density at radius 2 is 2.04 bits per heavy atom. The van der Waals surface area contributed by atoms with Gasteiger partial charge in [-0.2, -0.15) is 4.31 Å². The first-order valence-electron chi connectivity index (χ1n) is 7.89. The molecule has 0 radical (unpaired) electrons.